The van der Waals surface area contributed by atoms with Crippen molar-refractivity contribution < 1.29 is 9.47 Å². The number of piperidine rings is 1. The highest BCUT2D eigenvalue weighted by atomic mass is 16.7. The number of fused-ring (bicyclic) bond motifs is 1. The fourth-order valence-corrected chi connectivity index (χ4v) is 2.55. The Morgan fingerprint density at radius 2 is 2.13 bits per heavy atom. The molecule has 80 valence electrons. The third-order valence-corrected chi connectivity index (χ3v) is 3.37. The molecule has 0 unspecified atom stereocenters. The molecule has 0 aliphatic carbocycles. The van der Waals surface area contributed by atoms with Gasteiger partial charge in [-0.05, 0) is 18.5 Å². The van der Waals surface area contributed by atoms with Crippen LogP contribution in [0.15, 0.2) is 30.3 Å². The Morgan fingerprint density at radius 3 is 3.00 bits per heavy atom. The van der Waals surface area contributed by atoms with Crippen LogP contribution < -0.4 is 5.32 Å². The summed E-state index contributed by atoms with van der Waals surface area (Å²) < 4.78 is 11.5. The van der Waals surface area contributed by atoms with E-state index in [-0.39, 0.29) is 11.7 Å². The molecule has 0 amide bonds. The van der Waals surface area contributed by atoms with Crippen molar-refractivity contribution in [3.8, 4) is 0 Å². The highest BCUT2D eigenvalue weighted by Gasteiger charge is 2.48. The third kappa shape index (κ3) is 1.39. The maximum atomic E-state index is 5.87. The summed E-state index contributed by atoms with van der Waals surface area (Å²) in [5.41, 5.74) is 1.04. The molecular weight excluding hydrogens is 190 g/mol. The lowest BCUT2D eigenvalue weighted by atomic mass is 9.83. The van der Waals surface area contributed by atoms with E-state index in [1.807, 2.05) is 6.07 Å². The Labute approximate surface area is 89.4 Å². The molecule has 2 aliphatic rings. The minimum Gasteiger partial charge on any atom is -0.347 e. The predicted molar refractivity (Wildman–Crippen MR) is 56.4 cm³/mol. The number of ether oxygens (including phenoxy) is 2. The maximum Gasteiger partial charge on any atom is 0.148 e. The lowest BCUT2D eigenvalue weighted by molar-refractivity contribution is -0.0267. The molecule has 0 aromatic heterocycles. The van der Waals surface area contributed by atoms with E-state index in [4.69, 9.17) is 9.47 Å². The summed E-state index contributed by atoms with van der Waals surface area (Å²) in [6, 6.07) is 10.4. The van der Waals surface area contributed by atoms with E-state index >= 15 is 0 Å². The fourth-order valence-electron chi connectivity index (χ4n) is 2.55. The van der Waals surface area contributed by atoms with Crippen molar-refractivity contribution in [1.82, 2.24) is 5.32 Å². The molecule has 2 atom stereocenters. The average molecular weight is 205 g/mol. The molecule has 0 saturated carbocycles. The summed E-state index contributed by atoms with van der Waals surface area (Å²) >= 11 is 0. The van der Waals surface area contributed by atoms with E-state index in [0.29, 0.717) is 6.79 Å². The normalized spacial score (nSPS) is 35.1. The summed E-state index contributed by atoms with van der Waals surface area (Å²) in [6.07, 6.45) is 1.15. The van der Waals surface area contributed by atoms with Crippen LogP contribution in [0, 0.1) is 0 Å². The van der Waals surface area contributed by atoms with Crippen LogP contribution in [0.2, 0.25) is 0 Å². The first-order valence-corrected chi connectivity index (χ1v) is 5.44. The summed E-state index contributed by atoms with van der Waals surface area (Å²) in [6.45, 7) is 2.30. The van der Waals surface area contributed by atoms with E-state index in [2.05, 4.69) is 29.6 Å². The quantitative estimate of drug-likeness (QED) is 0.748. The molecule has 0 radical (unpaired) electrons. The van der Waals surface area contributed by atoms with Crippen LogP contribution in [-0.2, 0) is 15.1 Å². The Kier molecular flexibility index (Phi) is 2.24. The van der Waals surface area contributed by atoms with Gasteiger partial charge in [-0.25, -0.2) is 0 Å². The molecule has 3 nitrogen and oxygen atoms in total. The van der Waals surface area contributed by atoms with Crippen LogP contribution in [-0.4, -0.2) is 26.0 Å². The largest absolute Gasteiger partial charge is 0.347 e. The van der Waals surface area contributed by atoms with Crippen LogP contribution in [0.3, 0.4) is 0 Å². The van der Waals surface area contributed by atoms with Crippen molar-refractivity contribution in [1.29, 1.82) is 0 Å². The second-order valence-electron chi connectivity index (χ2n) is 4.13. The van der Waals surface area contributed by atoms with E-state index in [1.165, 1.54) is 5.56 Å². The standard InChI is InChI=1S/C12H15NO2/c1-2-4-10(5-3-1)12-6-7-13-8-11(12)14-9-15-12/h1-5,11,13H,6-9H2/t11-,12-/m1/s1. The Morgan fingerprint density at radius 1 is 1.27 bits per heavy atom. The van der Waals surface area contributed by atoms with Gasteiger partial charge in [0, 0.05) is 6.54 Å². The first-order valence-electron chi connectivity index (χ1n) is 5.44. The summed E-state index contributed by atoms with van der Waals surface area (Å²) in [5.74, 6) is 0. The van der Waals surface area contributed by atoms with Crippen LogP contribution in [0.4, 0.5) is 0 Å². The molecule has 2 aliphatic heterocycles. The van der Waals surface area contributed by atoms with Gasteiger partial charge in [0.2, 0.25) is 0 Å². The van der Waals surface area contributed by atoms with E-state index in [9.17, 15) is 0 Å². The molecule has 3 heteroatoms. The van der Waals surface area contributed by atoms with Gasteiger partial charge < -0.3 is 14.8 Å². The second kappa shape index (κ2) is 3.59. The summed E-state index contributed by atoms with van der Waals surface area (Å²) in [7, 11) is 0. The van der Waals surface area contributed by atoms with Gasteiger partial charge in [0.15, 0.2) is 0 Å². The van der Waals surface area contributed by atoms with Gasteiger partial charge in [-0.1, -0.05) is 30.3 Å². The minimum atomic E-state index is -0.202. The van der Waals surface area contributed by atoms with Gasteiger partial charge in [-0.2, -0.15) is 0 Å². The zero-order valence-electron chi connectivity index (χ0n) is 8.61. The summed E-state index contributed by atoms with van der Waals surface area (Å²) in [5, 5.41) is 3.35. The maximum absolute atomic E-state index is 5.87. The van der Waals surface area contributed by atoms with Crippen molar-refractivity contribution in [2.75, 3.05) is 19.9 Å². The zero-order valence-corrected chi connectivity index (χ0v) is 8.61. The first-order chi connectivity index (χ1) is 7.42. The highest BCUT2D eigenvalue weighted by molar-refractivity contribution is 5.26. The van der Waals surface area contributed by atoms with Crippen molar-refractivity contribution in [3.05, 3.63) is 35.9 Å². The molecule has 0 bridgehead atoms. The topological polar surface area (TPSA) is 30.5 Å². The predicted octanol–water partition coefficient (Wildman–Crippen LogP) is 1.25. The molecule has 1 aromatic carbocycles. The van der Waals surface area contributed by atoms with Crippen LogP contribution in [0.5, 0.6) is 0 Å². The molecule has 1 aromatic rings. The summed E-state index contributed by atoms with van der Waals surface area (Å²) in [4.78, 5) is 0. The van der Waals surface area contributed by atoms with Gasteiger partial charge in [-0.3, -0.25) is 0 Å². The second-order valence-corrected chi connectivity index (χ2v) is 4.13. The van der Waals surface area contributed by atoms with Crippen LogP contribution >= 0.6 is 0 Å². The smallest absolute Gasteiger partial charge is 0.148 e. The van der Waals surface area contributed by atoms with Crippen molar-refractivity contribution in [2.45, 2.75) is 18.1 Å². The third-order valence-electron chi connectivity index (χ3n) is 3.37. The first kappa shape index (κ1) is 9.33. The van der Waals surface area contributed by atoms with Gasteiger partial charge >= 0.3 is 0 Å². The van der Waals surface area contributed by atoms with Gasteiger partial charge in [-0.15, -0.1) is 0 Å². The fraction of sp³-hybridized carbons (Fsp3) is 0.500. The van der Waals surface area contributed by atoms with Crippen LogP contribution in [0.1, 0.15) is 12.0 Å². The SMILES string of the molecule is c1ccc([C@]23CCNC[C@H]2OCO3)cc1. The zero-order chi connectivity index (χ0) is 10.1. The number of rotatable bonds is 1. The number of benzene rings is 1. The monoisotopic (exact) mass is 205 g/mol. The molecule has 0 spiro atoms. The van der Waals surface area contributed by atoms with Gasteiger partial charge in [0.25, 0.3) is 0 Å². The molecule has 1 N–H and O–H groups in total. The van der Waals surface area contributed by atoms with E-state index in [0.717, 1.165) is 19.5 Å². The van der Waals surface area contributed by atoms with Gasteiger partial charge in [0.1, 0.15) is 18.5 Å². The highest BCUT2D eigenvalue weighted by Crippen LogP contribution is 2.40. The number of hydrogen-bond acceptors (Lipinski definition) is 3. The Hall–Kier alpha value is -0.900. The number of nitrogens with one attached hydrogen (secondary N) is 1. The molecule has 15 heavy (non-hydrogen) atoms. The molecule has 2 saturated heterocycles. The Bertz CT molecular complexity index is 341. The average Bonchev–Trinajstić information content (AvgIpc) is 2.75. The lowest BCUT2D eigenvalue weighted by Crippen LogP contribution is -2.50. The van der Waals surface area contributed by atoms with Crippen molar-refractivity contribution in [3.63, 3.8) is 0 Å². The molecule has 3 rings (SSSR count). The molecular formula is C12H15NO2. The lowest BCUT2D eigenvalue weighted by Gasteiger charge is -2.37. The Balaban J connectivity index is 2.00. The number of hydrogen-bond donors (Lipinski definition) is 1. The van der Waals surface area contributed by atoms with E-state index in [1.54, 1.807) is 0 Å². The van der Waals surface area contributed by atoms with Crippen LogP contribution in [0.25, 0.3) is 0 Å². The molecule has 2 heterocycles. The molecule has 2 fully saturated rings. The van der Waals surface area contributed by atoms with Crippen molar-refractivity contribution in [2.24, 2.45) is 0 Å². The van der Waals surface area contributed by atoms with E-state index < -0.39 is 0 Å². The minimum absolute atomic E-state index is 0.161. The van der Waals surface area contributed by atoms with Gasteiger partial charge in [0.05, 0.1) is 0 Å². The van der Waals surface area contributed by atoms with Crippen molar-refractivity contribution >= 4 is 0 Å².